The Morgan fingerprint density at radius 3 is 2.77 bits per heavy atom. The van der Waals surface area contributed by atoms with E-state index in [4.69, 9.17) is 9.72 Å². The molecule has 1 saturated carbocycles. The molecule has 0 N–H and O–H groups in total. The van der Waals surface area contributed by atoms with Crippen LogP contribution in [0.2, 0.25) is 0 Å². The molecule has 5 nitrogen and oxygen atoms in total. The molecule has 0 atom stereocenters. The Hall–Kier alpha value is -1.91. The number of aromatic nitrogens is 3. The van der Waals surface area contributed by atoms with Gasteiger partial charge in [0, 0.05) is 17.5 Å². The van der Waals surface area contributed by atoms with E-state index in [1.807, 2.05) is 0 Å². The predicted octanol–water partition coefficient (Wildman–Crippen LogP) is 3.37. The summed E-state index contributed by atoms with van der Waals surface area (Å²) in [5.41, 5.74) is 3.27. The fraction of sp³-hybridized carbons (Fsp3) is 0.588. The lowest BCUT2D eigenvalue weighted by Crippen LogP contribution is -2.15. The van der Waals surface area contributed by atoms with Gasteiger partial charge in [0.1, 0.15) is 0 Å². The molecular weight excluding hydrogens is 278 g/mol. The fourth-order valence-electron chi connectivity index (χ4n) is 2.87. The van der Waals surface area contributed by atoms with E-state index in [0.717, 1.165) is 29.4 Å². The van der Waals surface area contributed by atoms with Gasteiger partial charge in [0.15, 0.2) is 11.3 Å². The maximum atomic E-state index is 11.9. The fourth-order valence-corrected chi connectivity index (χ4v) is 2.87. The minimum absolute atomic E-state index is 0.320. The zero-order chi connectivity index (χ0) is 15.7. The molecule has 2 aromatic rings. The molecule has 5 heteroatoms. The largest absolute Gasteiger partial charge is 0.461 e. The van der Waals surface area contributed by atoms with Crippen molar-refractivity contribution in [3.8, 4) is 0 Å². The summed E-state index contributed by atoms with van der Waals surface area (Å²) in [6, 6.07) is 3.87. The summed E-state index contributed by atoms with van der Waals surface area (Å²) in [6.45, 7) is 6.41. The van der Waals surface area contributed by atoms with E-state index >= 15 is 0 Å². The summed E-state index contributed by atoms with van der Waals surface area (Å²) in [5, 5.41) is 4.39. The third-order valence-corrected chi connectivity index (χ3v) is 4.31. The molecule has 0 saturated heterocycles. The highest BCUT2D eigenvalue weighted by Crippen LogP contribution is 2.30. The van der Waals surface area contributed by atoms with E-state index < -0.39 is 0 Å². The van der Waals surface area contributed by atoms with Crippen LogP contribution in [0, 0.1) is 5.92 Å². The molecule has 0 radical (unpaired) electrons. The maximum Gasteiger partial charge on any atom is 0.358 e. The first kappa shape index (κ1) is 15.0. The lowest BCUT2D eigenvalue weighted by molar-refractivity contribution is 0.0519. The maximum absolute atomic E-state index is 11.9. The van der Waals surface area contributed by atoms with Gasteiger partial charge in [-0.1, -0.05) is 33.1 Å². The molecule has 0 aromatic carbocycles. The zero-order valence-electron chi connectivity index (χ0n) is 13.5. The summed E-state index contributed by atoms with van der Waals surface area (Å²) < 4.78 is 6.82. The zero-order valence-corrected chi connectivity index (χ0v) is 13.5. The topological polar surface area (TPSA) is 56.5 Å². The van der Waals surface area contributed by atoms with Crippen molar-refractivity contribution in [2.24, 2.45) is 5.92 Å². The molecule has 3 rings (SSSR count). The van der Waals surface area contributed by atoms with Crippen LogP contribution < -0.4 is 0 Å². The minimum Gasteiger partial charge on any atom is -0.461 e. The number of hydrogen-bond donors (Lipinski definition) is 0. The van der Waals surface area contributed by atoms with Crippen LogP contribution in [0.5, 0.6) is 0 Å². The molecule has 0 amide bonds. The Morgan fingerprint density at radius 1 is 1.41 bits per heavy atom. The second-order valence-corrected chi connectivity index (χ2v) is 6.35. The van der Waals surface area contributed by atoms with Gasteiger partial charge in [-0.15, -0.1) is 0 Å². The molecule has 2 heterocycles. The smallest absolute Gasteiger partial charge is 0.358 e. The van der Waals surface area contributed by atoms with Gasteiger partial charge in [-0.05, 0) is 31.2 Å². The Morgan fingerprint density at radius 2 is 2.18 bits per heavy atom. The quantitative estimate of drug-likeness (QED) is 0.794. The molecule has 2 aromatic heterocycles. The van der Waals surface area contributed by atoms with Crippen LogP contribution in [0.4, 0.5) is 0 Å². The van der Waals surface area contributed by atoms with Crippen molar-refractivity contribution in [1.82, 2.24) is 14.6 Å². The van der Waals surface area contributed by atoms with Gasteiger partial charge in [-0.25, -0.2) is 14.3 Å². The monoisotopic (exact) mass is 301 g/mol. The third kappa shape index (κ3) is 2.85. The van der Waals surface area contributed by atoms with Gasteiger partial charge < -0.3 is 4.74 Å². The first-order valence-corrected chi connectivity index (χ1v) is 8.15. The van der Waals surface area contributed by atoms with Crippen molar-refractivity contribution < 1.29 is 9.53 Å². The Labute approximate surface area is 130 Å². The van der Waals surface area contributed by atoms with Crippen LogP contribution in [0.15, 0.2) is 12.1 Å². The van der Waals surface area contributed by atoms with Gasteiger partial charge in [-0.2, -0.15) is 5.10 Å². The molecule has 1 aliphatic rings. The molecule has 118 valence electrons. The van der Waals surface area contributed by atoms with Gasteiger partial charge in [0.25, 0.3) is 0 Å². The van der Waals surface area contributed by atoms with E-state index in [1.165, 1.54) is 19.3 Å². The second-order valence-electron chi connectivity index (χ2n) is 6.35. The molecular formula is C17H23N3O2. The molecule has 1 aliphatic carbocycles. The summed E-state index contributed by atoms with van der Waals surface area (Å²) in [4.78, 5) is 16.6. The van der Waals surface area contributed by atoms with Crippen molar-refractivity contribution in [3.63, 3.8) is 0 Å². The lowest BCUT2D eigenvalue weighted by Gasteiger charge is -2.25. The minimum atomic E-state index is -0.386. The summed E-state index contributed by atoms with van der Waals surface area (Å²) in [5.74, 6) is 0.700. The number of hydrogen-bond acceptors (Lipinski definition) is 4. The number of nitrogens with zero attached hydrogens (tertiary/aromatic N) is 3. The van der Waals surface area contributed by atoms with E-state index in [0.29, 0.717) is 18.2 Å². The third-order valence-electron chi connectivity index (χ3n) is 4.31. The molecule has 0 spiro atoms. The van der Waals surface area contributed by atoms with Crippen LogP contribution in [0.3, 0.4) is 0 Å². The SMILES string of the molecule is CCOC(=O)c1cc2nc(CC3CCC3)cc(C(C)C)n2n1. The summed E-state index contributed by atoms with van der Waals surface area (Å²) in [7, 11) is 0. The first-order chi connectivity index (χ1) is 10.6. The van der Waals surface area contributed by atoms with Crippen LogP contribution in [-0.2, 0) is 11.2 Å². The van der Waals surface area contributed by atoms with E-state index in [2.05, 4.69) is 25.0 Å². The average Bonchev–Trinajstić information content (AvgIpc) is 2.86. The molecule has 0 unspecified atom stereocenters. The number of fused-ring (bicyclic) bond motifs is 1. The molecule has 1 fully saturated rings. The second kappa shape index (κ2) is 6.07. The van der Waals surface area contributed by atoms with Gasteiger partial charge in [0.2, 0.25) is 0 Å². The number of rotatable bonds is 5. The first-order valence-electron chi connectivity index (χ1n) is 8.15. The number of ether oxygens (including phenoxy) is 1. The highest BCUT2D eigenvalue weighted by Gasteiger charge is 2.21. The number of carbonyl (C=O) groups is 1. The summed E-state index contributed by atoms with van der Waals surface area (Å²) >= 11 is 0. The average molecular weight is 301 g/mol. The Bertz CT molecular complexity index is 687. The van der Waals surface area contributed by atoms with Crippen molar-refractivity contribution >= 4 is 11.6 Å². The van der Waals surface area contributed by atoms with Gasteiger partial charge >= 0.3 is 5.97 Å². The molecule has 22 heavy (non-hydrogen) atoms. The predicted molar refractivity (Wildman–Crippen MR) is 84.1 cm³/mol. The van der Waals surface area contributed by atoms with Crippen molar-refractivity contribution in [3.05, 3.63) is 29.2 Å². The van der Waals surface area contributed by atoms with E-state index in [-0.39, 0.29) is 5.97 Å². The van der Waals surface area contributed by atoms with Crippen LogP contribution in [0.25, 0.3) is 5.65 Å². The Balaban J connectivity index is 2.00. The van der Waals surface area contributed by atoms with Crippen molar-refractivity contribution in [2.75, 3.05) is 6.61 Å². The molecule has 0 bridgehead atoms. The number of esters is 1. The van der Waals surface area contributed by atoms with Crippen molar-refractivity contribution in [2.45, 2.75) is 52.4 Å². The van der Waals surface area contributed by atoms with Crippen molar-refractivity contribution in [1.29, 1.82) is 0 Å². The molecule has 0 aliphatic heterocycles. The van der Waals surface area contributed by atoms with E-state index in [1.54, 1.807) is 17.5 Å². The van der Waals surface area contributed by atoms with Crippen LogP contribution in [-0.4, -0.2) is 27.2 Å². The van der Waals surface area contributed by atoms with Crippen LogP contribution >= 0.6 is 0 Å². The lowest BCUT2D eigenvalue weighted by atomic mass is 9.82. The standard InChI is InChI=1S/C17H23N3O2/c1-4-22-17(21)14-10-16-18-13(8-12-6-5-7-12)9-15(11(2)3)20(16)19-14/h9-12H,4-8H2,1-3H3. The Kier molecular flexibility index (Phi) is 4.14. The normalized spacial score (nSPS) is 15.3. The van der Waals surface area contributed by atoms with Gasteiger partial charge in [-0.3, -0.25) is 0 Å². The highest BCUT2D eigenvalue weighted by molar-refractivity contribution is 5.88. The highest BCUT2D eigenvalue weighted by atomic mass is 16.5. The number of carbonyl (C=O) groups excluding carboxylic acids is 1. The summed E-state index contributed by atoms with van der Waals surface area (Å²) in [6.07, 6.45) is 4.97. The van der Waals surface area contributed by atoms with Crippen LogP contribution in [0.1, 0.15) is 67.8 Å². The van der Waals surface area contributed by atoms with Gasteiger partial charge in [0.05, 0.1) is 6.61 Å². The van der Waals surface area contributed by atoms with E-state index in [9.17, 15) is 4.79 Å².